The minimum absolute atomic E-state index is 0.0640. The van der Waals surface area contributed by atoms with Gasteiger partial charge >= 0.3 is 0 Å². The zero-order chi connectivity index (χ0) is 28.8. The van der Waals surface area contributed by atoms with Crippen molar-refractivity contribution in [3.63, 3.8) is 0 Å². The molecule has 3 N–H and O–H groups in total. The number of halogens is 1. The third-order valence-corrected chi connectivity index (χ3v) is 8.85. The Morgan fingerprint density at radius 3 is 2.59 bits per heavy atom. The van der Waals surface area contributed by atoms with Crippen molar-refractivity contribution >= 4 is 11.8 Å². The zero-order valence-corrected chi connectivity index (χ0v) is 24.0. The number of likely N-dealkylation sites (tertiary alicyclic amines) is 1. The van der Waals surface area contributed by atoms with Crippen LogP contribution < -0.4 is 15.8 Å². The Bertz CT molecular complexity index is 1160. The number of nitrogens with one attached hydrogen (secondary N) is 1. The standard InChI is InChI=1S/C32H43FN4O4/c1-40-28-5-2-4-23(18-28)32(39)37-16-15-27(19-30(37)31(38)35-26-13-11-25(34)12-14-26)36(21-29-6-3-17-41-29)20-22-7-9-24(33)10-8-22/h2,4-5,7-10,18,25-27,29-30H,3,6,11-17,19-21,34H2,1H3,(H,35,38)/t25?,26?,27?,29?,30-/m1/s1. The van der Waals surface area contributed by atoms with Crippen LogP contribution in [0.3, 0.4) is 0 Å². The molecule has 2 aromatic carbocycles. The number of amides is 2. The van der Waals surface area contributed by atoms with E-state index in [1.54, 1.807) is 36.3 Å². The van der Waals surface area contributed by atoms with E-state index in [0.717, 1.165) is 63.7 Å². The number of benzene rings is 2. The lowest BCUT2D eigenvalue weighted by Gasteiger charge is -2.44. The van der Waals surface area contributed by atoms with E-state index in [1.165, 1.54) is 12.1 Å². The number of nitrogens with two attached hydrogens (primary N) is 1. The molecule has 41 heavy (non-hydrogen) atoms. The number of ether oxygens (including phenoxy) is 2. The van der Waals surface area contributed by atoms with Crippen LogP contribution >= 0.6 is 0 Å². The van der Waals surface area contributed by atoms with Crippen molar-refractivity contribution in [1.82, 2.24) is 15.1 Å². The number of hydrogen-bond acceptors (Lipinski definition) is 6. The largest absolute Gasteiger partial charge is 0.497 e. The average Bonchev–Trinajstić information content (AvgIpc) is 3.51. The summed E-state index contributed by atoms with van der Waals surface area (Å²) >= 11 is 0. The molecular formula is C32H43FN4O4. The molecule has 3 atom stereocenters. The molecular weight excluding hydrogens is 523 g/mol. The first-order valence-electron chi connectivity index (χ1n) is 15.0. The number of carbonyl (C=O) groups excluding carboxylic acids is 2. The third kappa shape index (κ3) is 7.64. The normalized spacial score (nSPS) is 26.6. The topological polar surface area (TPSA) is 97.1 Å². The van der Waals surface area contributed by atoms with Gasteiger partial charge in [0, 0.05) is 49.9 Å². The summed E-state index contributed by atoms with van der Waals surface area (Å²) in [6.45, 7) is 2.59. The molecule has 0 bridgehead atoms. The fourth-order valence-electron chi connectivity index (χ4n) is 6.47. The van der Waals surface area contributed by atoms with Crippen LogP contribution in [0.15, 0.2) is 48.5 Å². The van der Waals surface area contributed by atoms with Crippen LogP contribution in [0.5, 0.6) is 5.75 Å². The van der Waals surface area contributed by atoms with Crippen molar-refractivity contribution in [3.05, 3.63) is 65.5 Å². The highest BCUT2D eigenvalue weighted by Gasteiger charge is 2.40. The molecule has 0 spiro atoms. The Labute approximate surface area is 242 Å². The molecule has 2 aromatic rings. The number of nitrogens with zero attached hydrogens (tertiary/aromatic N) is 2. The fourth-order valence-corrected chi connectivity index (χ4v) is 6.47. The number of rotatable bonds is 9. The van der Waals surface area contributed by atoms with Crippen LogP contribution in [0.2, 0.25) is 0 Å². The van der Waals surface area contributed by atoms with Gasteiger partial charge in [-0.2, -0.15) is 0 Å². The summed E-state index contributed by atoms with van der Waals surface area (Å²) in [6.07, 6.45) is 6.89. The fraction of sp³-hybridized carbons (Fsp3) is 0.562. The predicted molar refractivity (Wildman–Crippen MR) is 155 cm³/mol. The van der Waals surface area contributed by atoms with Gasteiger partial charge in [0.15, 0.2) is 0 Å². The summed E-state index contributed by atoms with van der Waals surface area (Å²) in [6, 6.07) is 13.4. The van der Waals surface area contributed by atoms with Crippen LogP contribution in [-0.2, 0) is 16.1 Å². The van der Waals surface area contributed by atoms with Crippen molar-refractivity contribution in [1.29, 1.82) is 0 Å². The van der Waals surface area contributed by atoms with Gasteiger partial charge in [0.2, 0.25) is 5.91 Å². The first-order chi connectivity index (χ1) is 19.9. The molecule has 2 saturated heterocycles. The van der Waals surface area contributed by atoms with E-state index in [1.807, 2.05) is 12.1 Å². The maximum atomic E-state index is 13.9. The Balaban J connectivity index is 1.37. The van der Waals surface area contributed by atoms with E-state index in [2.05, 4.69) is 10.2 Å². The monoisotopic (exact) mass is 566 g/mol. The molecule has 3 aliphatic rings. The summed E-state index contributed by atoms with van der Waals surface area (Å²) in [4.78, 5) is 31.8. The van der Waals surface area contributed by atoms with Crippen LogP contribution in [0.25, 0.3) is 0 Å². The van der Waals surface area contributed by atoms with E-state index < -0.39 is 6.04 Å². The van der Waals surface area contributed by atoms with Crippen molar-refractivity contribution in [2.24, 2.45) is 5.73 Å². The van der Waals surface area contributed by atoms with Crippen molar-refractivity contribution < 1.29 is 23.5 Å². The Morgan fingerprint density at radius 1 is 1.10 bits per heavy atom. The second-order valence-corrected chi connectivity index (χ2v) is 11.7. The summed E-state index contributed by atoms with van der Waals surface area (Å²) in [7, 11) is 1.57. The van der Waals surface area contributed by atoms with Crippen LogP contribution in [0, 0.1) is 5.82 Å². The Morgan fingerprint density at radius 2 is 1.88 bits per heavy atom. The number of hydrogen-bond donors (Lipinski definition) is 2. The van der Waals surface area contributed by atoms with Gasteiger partial charge in [-0.05, 0) is 87.3 Å². The minimum atomic E-state index is -0.608. The lowest BCUT2D eigenvalue weighted by Crippen LogP contribution is -2.59. The van der Waals surface area contributed by atoms with Crippen LogP contribution in [0.4, 0.5) is 4.39 Å². The van der Waals surface area contributed by atoms with Crippen LogP contribution in [-0.4, -0.2) is 78.7 Å². The quantitative estimate of drug-likeness (QED) is 0.478. The Kier molecular flexibility index (Phi) is 9.90. The second-order valence-electron chi connectivity index (χ2n) is 11.7. The molecule has 1 saturated carbocycles. The molecule has 2 heterocycles. The third-order valence-electron chi connectivity index (χ3n) is 8.85. The van der Waals surface area contributed by atoms with Gasteiger partial charge in [0.25, 0.3) is 5.91 Å². The first kappa shape index (κ1) is 29.5. The predicted octanol–water partition coefficient (Wildman–Crippen LogP) is 3.87. The number of piperidine rings is 1. The van der Waals surface area contributed by atoms with E-state index in [0.29, 0.717) is 30.8 Å². The minimum Gasteiger partial charge on any atom is -0.497 e. The number of methoxy groups -OCH3 is 1. The Hall–Kier alpha value is -3.01. The molecule has 2 amide bonds. The van der Waals surface area contributed by atoms with Crippen LogP contribution in [0.1, 0.15) is 67.3 Å². The molecule has 9 heteroatoms. The molecule has 2 aliphatic heterocycles. The summed E-state index contributed by atoms with van der Waals surface area (Å²) in [5, 5.41) is 3.26. The highest BCUT2D eigenvalue weighted by molar-refractivity contribution is 5.98. The lowest BCUT2D eigenvalue weighted by atomic mass is 9.90. The summed E-state index contributed by atoms with van der Waals surface area (Å²) < 4.78 is 25.0. The van der Waals surface area contributed by atoms with Gasteiger partial charge in [-0.25, -0.2) is 4.39 Å². The van der Waals surface area contributed by atoms with Gasteiger partial charge in [0.05, 0.1) is 13.2 Å². The van der Waals surface area contributed by atoms with Crippen molar-refractivity contribution in [2.75, 3.05) is 26.8 Å². The molecule has 2 unspecified atom stereocenters. The molecule has 0 radical (unpaired) electrons. The van der Waals surface area contributed by atoms with E-state index >= 15 is 0 Å². The summed E-state index contributed by atoms with van der Waals surface area (Å²) in [5.74, 6) is 0.0687. The van der Waals surface area contributed by atoms with E-state index in [4.69, 9.17) is 15.2 Å². The highest BCUT2D eigenvalue weighted by Crippen LogP contribution is 2.29. The average molecular weight is 567 g/mol. The van der Waals surface area contributed by atoms with E-state index in [9.17, 15) is 14.0 Å². The summed E-state index contributed by atoms with van der Waals surface area (Å²) in [5.41, 5.74) is 7.62. The van der Waals surface area contributed by atoms with E-state index in [-0.39, 0.29) is 41.9 Å². The zero-order valence-electron chi connectivity index (χ0n) is 24.0. The van der Waals surface area contributed by atoms with Gasteiger partial charge in [0.1, 0.15) is 17.6 Å². The van der Waals surface area contributed by atoms with Crippen molar-refractivity contribution in [2.45, 2.75) is 88.2 Å². The van der Waals surface area contributed by atoms with Gasteiger partial charge in [-0.1, -0.05) is 18.2 Å². The smallest absolute Gasteiger partial charge is 0.254 e. The molecule has 1 aliphatic carbocycles. The molecule has 0 aromatic heterocycles. The molecule has 222 valence electrons. The SMILES string of the molecule is COc1cccc(C(=O)N2CCC(N(Cc3ccc(F)cc3)CC3CCCO3)C[C@@H]2C(=O)NC2CCC(N)CC2)c1. The number of carbonyl (C=O) groups is 2. The highest BCUT2D eigenvalue weighted by atomic mass is 19.1. The maximum Gasteiger partial charge on any atom is 0.254 e. The van der Waals surface area contributed by atoms with Crippen molar-refractivity contribution in [3.8, 4) is 5.75 Å². The first-order valence-corrected chi connectivity index (χ1v) is 15.0. The van der Waals surface area contributed by atoms with Gasteiger partial charge < -0.3 is 25.4 Å². The molecule has 3 fully saturated rings. The second kappa shape index (κ2) is 13.8. The molecule has 5 rings (SSSR count). The van der Waals surface area contributed by atoms with Gasteiger partial charge in [-0.3, -0.25) is 14.5 Å². The maximum absolute atomic E-state index is 13.9. The van der Waals surface area contributed by atoms with Gasteiger partial charge in [-0.15, -0.1) is 0 Å². The molecule has 8 nitrogen and oxygen atoms in total. The lowest BCUT2D eigenvalue weighted by molar-refractivity contribution is -0.128.